The van der Waals surface area contributed by atoms with Crippen molar-refractivity contribution < 1.29 is 9.13 Å². The van der Waals surface area contributed by atoms with Crippen molar-refractivity contribution in [1.29, 1.82) is 0 Å². The van der Waals surface area contributed by atoms with Crippen molar-refractivity contribution in [2.75, 3.05) is 26.7 Å². The zero-order chi connectivity index (χ0) is 14.2. The van der Waals surface area contributed by atoms with E-state index >= 15 is 0 Å². The SMILES string of the molecule is CN=C(NCCc1ccccc1F)NCC1CCCO1. The number of aliphatic imine (C=N–C) groups is 1. The number of hydrogen-bond acceptors (Lipinski definition) is 2. The first-order valence-corrected chi connectivity index (χ1v) is 7.09. The Balaban J connectivity index is 1.70. The van der Waals surface area contributed by atoms with E-state index < -0.39 is 0 Å². The van der Waals surface area contributed by atoms with E-state index in [2.05, 4.69) is 15.6 Å². The zero-order valence-electron chi connectivity index (χ0n) is 11.9. The van der Waals surface area contributed by atoms with Crippen molar-refractivity contribution in [1.82, 2.24) is 10.6 Å². The number of ether oxygens (including phenoxy) is 1. The summed E-state index contributed by atoms with van der Waals surface area (Å²) in [5, 5.41) is 6.42. The van der Waals surface area contributed by atoms with E-state index in [1.165, 1.54) is 6.07 Å². The Hall–Kier alpha value is -1.62. The predicted molar refractivity (Wildman–Crippen MR) is 78.4 cm³/mol. The van der Waals surface area contributed by atoms with Gasteiger partial charge in [-0.05, 0) is 30.9 Å². The van der Waals surface area contributed by atoms with Crippen LogP contribution in [0.5, 0.6) is 0 Å². The van der Waals surface area contributed by atoms with Crippen molar-refractivity contribution in [3.8, 4) is 0 Å². The van der Waals surface area contributed by atoms with Crippen LogP contribution in [0.2, 0.25) is 0 Å². The molecule has 2 N–H and O–H groups in total. The zero-order valence-corrected chi connectivity index (χ0v) is 11.9. The van der Waals surface area contributed by atoms with E-state index in [1.807, 2.05) is 6.07 Å². The van der Waals surface area contributed by atoms with Crippen LogP contribution < -0.4 is 10.6 Å². The molecule has 1 saturated heterocycles. The van der Waals surface area contributed by atoms with Gasteiger partial charge >= 0.3 is 0 Å². The van der Waals surface area contributed by atoms with Gasteiger partial charge in [0.25, 0.3) is 0 Å². The minimum Gasteiger partial charge on any atom is -0.376 e. The van der Waals surface area contributed by atoms with Crippen LogP contribution in [0.15, 0.2) is 29.3 Å². The van der Waals surface area contributed by atoms with Gasteiger partial charge < -0.3 is 15.4 Å². The molecular formula is C15H22FN3O. The summed E-state index contributed by atoms with van der Waals surface area (Å²) in [6.07, 6.45) is 3.14. The quantitative estimate of drug-likeness (QED) is 0.637. The molecule has 20 heavy (non-hydrogen) atoms. The predicted octanol–water partition coefficient (Wildman–Crippen LogP) is 1.71. The average molecular weight is 279 g/mol. The molecule has 0 aliphatic carbocycles. The summed E-state index contributed by atoms with van der Waals surface area (Å²) in [4.78, 5) is 4.15. The van der Waals surface area contributed by atoms with Gasteiger partial charge in [0.1, 0.15) is 5.82 Å². The number of benzene rings is 1. The first-order valence-electron chi connectivity index (χ1n) is 7.09. The van der Waals surface area contributed by atoms with Crippen LogP contribution in [0, 0.1) is 5.82 Å². The van der Waals surface area contributed by atoms with Crippen LogP contribution in [0.4, 0.5) is 4.39 Å². The monoisotopic (exact) mass is 279 g/mol. The van der Waals surface area contributed by atoms with E-state index in [4.69, 9.17) is 4.74 Å². The summed E-state index contributed by atoms with van der Waals surface area (Å²) in [6, 6.07) is 6.84. The van der Waals surface area contributed by atoms with Gasteiger partial charge in [-0.3, -0.25) is 4.99 Å². The normalized spacial score (nSPS) is 19.1. The van der Waals surface area contributed by atoms with Gasteiger partial charge in [-0.2, -0.15) is 0 Å². The van der Waals surface area contributed by atoms with Crippen molar-refractivity contribution in [3.63, 3.8) is 0 Å². The standard InChI is InChI=1S/C15H22FN3O/c1-17-15(19-11-13-6-4-10-20-13)18-9-8-12-5-2-3-7-14(12)16/h2-3,5,7,13H,4,6,8-11H2,1H3,(H2,17,18,19). The third-order valence-corrected chi connectivity index (χ3v) is 3.39. The van der Waals surface area contributed by atoms with Gasteiger partial charge in [-0.25, -0.2) is 4.39 Å². The van der Waals surface area contributed by atoms with Crippen molar-refractivity contribution in [2.24, 2.45) is 4.99 Å². The van der Waals surface area contributed by atoms with Gasteiger partial charge in [-0.15, -0.1) is 0 Å². The second kappa shape index (κ2) is 7.85. The first kappa shape index (κ1) is 14.8. The summed E-state index contributed by atoms with van der Waals surface area (Å²) >= 11 is 0. The fraction of sp³-hybridized carbons (Fsp3) is 0.533. The fourth-order valence-corrected chi connectivity index (χ4v) is 2.25. The molecule has 4 nitrogen and oxygen atoms in total. The summed E-state index contributed by atoms with van der Waals surface area (Å²) in [5.74, 6) is 0.577. The Morgan fingerprint density at radius 1 is 1.40 bits per heavy atom. The Morgan fingerprint density at radius 2 is 2.25 bits per heavy atom. The molecule has 110 valence electrons. The maximum absolute atomic E-state index is 13.5. The van der Waals surface area contributed by atoms with E-state index in [0.717, 1.165) is 37.5 Å². The number of guanidine groups is 1. The molecule has 1 unspecified atom stereocenters. The van der Waals surface area contributed by atoms with Crippen LogP contribution in [-0.4, -0.2) is 38.8 Å². The summed E-state index contributed by atoms with van der Waals surface area (Å²) in [7, 11) is 1.73. The van der Waals surface area contributed by atoms with Gasteiger partial charge in [-0.1, -0.05) is 18.2 Å². The number of nitrogens with zero attached hydrogens (tertiary/aromatic N) is 1. The maximum Gasteiger partial charge on any atom is 0.191 e. The largest absolute Gasteiger partial charge is 0.376 e. The first-order chi connectivity index (χ1) is 9.79. The lowest BCUT2D eigenvalue weighted by Gasteiger charge is -2.15. The van der Waals surface area contributed by atoms with Gasteiger partial charge in [0.05, 0.1) is 6.10 Å². The molecule has 1 aliphatic rings. The van der Waals surface area contributed by atoms with E-state index in [1.54, 1.807) is 19.2 Å². The Bertz CT molecular complexity index is 444. The molecule has 0 bridgehead atoms. The van der Waals surface area contributed by atoms with Gasteiger partial charge in [0.2, 0.25) is 0 Å². The van der Waals surface area contributed by atoms with Crippen LogP contribution in [0.3, 0.4) is 0 Å². The lowest BCUT2D eigenvalue weighted by atomic mass is 10.1. The van der Waals surface area contributed by atoms with E-state index in [-0.39, 0.29) is 11.9 Å². The lowest BCUT2D eigenvalue weighted by molar-refractivity contribution is 0.114. The highest BCUT2D eigenvalue weighted by atomic mass is 19.1. The third kappa shape index (κ3) is 4.49. The fourth-order valence-electron chi connectivity index (χ4n) is 2.25. The average Bonchev–Trinajstić information content (AvgIpc) is 2.98. The summed E-state index contributed by atoms with van der Waals surface area (Å²) < 4.78 is 19.0. The highest BCUT2D eigenvalue weighted by molar-refractivity contribution is 5.79. The van der Waals surface area contributed by atoms with Crippen molar-refractivity contribution in [2.45, 2.75) is 25.4 Å². The minimum absolute atomic E-state index is 0.156. The molecule has 0 radical (unpaired) electrons. The van der Waals surface area contributed by atoms with Gasteiger partial charge in [0, 0.05) is 26.7 Å². The molecule has 0 spiro atoms. The lowest BCUT2D eigenvalue weighted by Crippen LogP contribution is -2.41. The molecule has 1 heterocycles. The van der Waals surface area contributed by atoms with Gasteiger partial charge in [0.15, 0.2) is 5.96 Å². The van der Waals surface area contributed by atoms with Crippen LogP contribution in [0.1, 0.15) is 18.4 Å². The maximum atomic E-state index is 13.5. The Kier molecular flexibility index (Phi) is 5.80. The van der Waals surface area contributed by atoms with E-state index in [0.29, 0.717) is 13.0 Å². The third-order valence-electron chi connectivity index (χ3n) is 3.39. The minimum atomic E-state index is -0.156. The molecule has 1 aromatic rings. The topological polar surface area (TPSA) is 45.7 Å². The molecule has 1 aromatic carbocycles. The molecule has 0 amide bonds. The number of rotatable bonds is 5. The number of nitrogens with one attached hydrogen (secondary N) is 2. The summed E-state index contributed by atoms with van der Waals surface area (Å²) in [5.41, 5.74) is 0.717. The molecule has 0 saturated carbocycles. The molecule has 1 atom stereocenters. The molecule has 2 rings (SSSR count). The molecule has 5 heteroatoms. The highest BCUT2D eigenvalue weighted by Gasteiger charge is 2.15. The second-order valence-corrected chi connectivity index (χ2v) is 4.86. The van der Waals surface area contributed by atoms with Crippen LogP contribution in [0.25, 0.3) is 0 Å². The second-order valence-electron chi connectivity index (χ2n) is 4.86. The highest BCUT2D eigenvalue weighted by Crippen LogP contribution is 2.10. The van der Waals surface area contributed by atoms with Crippen LogP contribution >= 0.6 is 0 Å². The summed E-state index contributed by atoms with van der Waals surface area (Å²) in [6.45, 7) is 2.26. The molecule has 0 aromatic heterocycles. The van der Waals surface area contributed by atoms with Crippen molar-refractivity contribution >= 4 is 5.96 Å². The van der Waals surface area contributed by atoms with E-state index in [9.17, 15) is 4.39 Å². The smallest absolute Gasteiger partial charge is 0.191 e. The number of halogens is 1. The molecule has 1 aliphatic heterocycles. The van der Waals surface area contributed by atoms with Crippen LogP contribution in [-0.2, 0) is 11.2 Å². The molecule has 1 fully saturated rings. The van der Waals surface area contributed by atoms with Crippen molar-refractivity contribution in [3.05, 3.63) is 35.6 Å². The Labute approximate surface area is 119 Å². The molecular weight excluding hydrogens is 257 g/mol. The Morgan fingerprint density at radius 3 is 2.95 bits per heavy atom. The number of hydrogen-bond donors (Lipinski definition) is 2.